The maximum Gasteiger partial charge on any atom is 0.167 e. The van der Waals surface area contributed by atoms with Gasteiger partial charge < -0.3 is 0 Å². The molecule has 4 nitrogen and oxygen atoms in total. The quantitative estimate of drug-likeness (QED) is 0.635. The molecule has 0 bridgehead atoms. The fraction of sp³-hybridized carbons (Fsp3) is 0.533. The van der Waals surface area contributed by atoms with Crippen LogP contribution in [-0.2, 0) is 18.3 Å². The van der Waals surface area contributed by atoms with Crippen LogP contribution in [0.1, 0.15) is 49.9 Å². The third-order valence-electron chi connectivity index (χ3n) is 3.96. The Labute approximate surface area is 121 Å². The maximum atomic E-state index is 4.81. The molecule has 1 aliphatic rings. The Morgan fingerprint density at radius 1 is 1.20 bits per heavy atom. The summed E-state index contributed by atoms with van der Waals surface area (Å²) in [5, 5.41) is 5.86. The minimum atomic E-state index is -0.0333. The van der Waals surface area contributed by atoms with Gasteiger partial charge in [0.05, 0.1) is 5.39 Å². The van der Waals surface area contributed by atoms with E-state index in [1.165, 1.54) is 35.1 Å². The number of aromatic nitrogens is 4. The predicted octanol–water partition coefficient (Wildman–Crippen LogP) is 3.52. The molecule has 0 atom stereocenters. The van der Waals surface area contributed by atoms with Crippen molar-refractivity contribution in [2.75, 3.05) is 0 Å². The highest BCUT2D eigenvalue weighted by Crippen LogP contribution is 2.37. The Bertz CT molecular complexity index is 807. The average molecular weight is 286 g/mol. The molecule has 104 valence electrons. The minimum absolute atomic E-state index is 0.0333. The highest BCUT2D eigenvalue weighted by atomic mass is 32.1. The zero-order chi connectivity index (χ0) is 13.9. The van der Waals surface area contributed by atoms with Gasteiger partial charge in [0.1, 0.15) is 11.2 Å². The van der Waals surface area contributed by atoms with Crippen LogP contribution in [-0.4, -0.2) is 19.6 Å². The molecule has 0 unspecified atom stereocenters. The third kappa shape index (κ3) is 1.69. The Morgan fingerprint density at radius 3 is 2.80 bits per heavy atom. The van der Waals surface area contributed by atoms with Crippen LogP contribution in [0.3, 0.4) is 0 Å². The van der Waals surface area contributed by atoms with Crippen LogP contribution >= 0.6 is 11.3 Å². The molecule has 0 aliphatic heterocycles. The number of thiophene rings is 1. The normalized spacial score (nSPS) is 15.9. The number of aryl methyl sites for hydroxylation is 2. The molecule has 0 aromatic carbocycles. The molecule has 0 saturated carbocycles. The molecule has 3 aromatic heterocycles. The van der Waals surface area contributed by atoms with Crippen LogP contribution in [0.2, 0.25) is 0 Å². The molecule has 0 saturated heterocycles. The largest absolute Gasteiger partial charge is 0.225 e. The van der Waals surface area contributed by atoms with E-state index in [9.17, 15) is 0 Å². The fourth-order valence-corrected chi connectivity index (χ4v) is 4.10. The van der Waals surface area contributed by atoms with Crippen LogP contribution < -0.4 is 0 Å². The van der Waals surface area contributed by atoms with Crippen LogP contribution in [0.25, 0.3) is 15.9 Å². The molecule has 0 amide bonds. The zero-order valence-corrected chi connectivity index (χ0v) is 12.9. The van der Waals surface area contributed by atoms with Gasteiger partial charge in [-0.2, -0.15) is 0 Å². The first kappa shape index (κ1) is 12.3. The highest BCUT2D eigenvalue weighted by Gasteiger charge is 2.24. The number of hydrogen-bond acceptors (Lipinski definition) is 4. The van der Waals surface area contributed by atoms with Crippen LogP contribution in [0, 0.1) is 0 Å². The van der Waals surface area contributed by atoms with Gasteiger partial charge >= 0.3 is 0 Å². The Kier molecular flexibility index (Phi) is 2.46. The molecule has 4 rings (SSSR count). The van der Waals surface area contributed by atoms with Gasteiger partial charge in [0, 0.05) is 10.3 Å². The summed E-state index contributed by atoms with van der Waals surface area (Å²) < 4.78 is 1.85. The third-order valence-corrected chi connectivity index (χ3v) is 5.16. The van der Waals surface area contributed by atoms with Crippen molar-refractivity contribution in [1.82, 2.24) is 19.6 Å². The lowest BCUT2D eigenvalue weighted by Crippen LogP contribution is -2.13. The van der Waals surface area contributed by atoms with E-state index < -0.39 is 0 Å². The minimum Gasteiger partial charge on any atom is -0.225 e. The molecule has 0 spiro atoms. The average Bonchev–Trinajstić information content (AvgIpc) is 2.98. The van der Waals surface area contributed by atoms with Gasteiger partial charge in [-0.05, 0) is 31.2 Å². The Balaban J connectivity index is 2.07. The van der Waals surface area contributed by atoms with Crippen molar-refractivity contribution in [3.05, 3.63) is 22.6 Å². The van der Waals surface area contributed by atoms with Crippen LogP contribution in [0.5, 0.6) is 0 Å². The molecule has 0 N–H and O–H groups in total. The van der Waals surface area contributed by atoms with Gasteiger partial charge in [0.2, 0.25) is 0 Å². The first-order chi connectivity index (χ1) is 9.54. The van der Waals surface area contributed by atoms with Gasteiger partial charge in [0.25, 0.3) is 0 Å². The number of rotatable bonds is 0. The van der Waals surface area contributed by atoms with E-state index >= 15 is 0 Å². The zero-order valence-electron chi connectivity index (χ0n) is 12.1. The molecule has 0 radical (unpaired) electrons. The molecule has 1 aliphatic carbocycles. The van der Waals surface area contributed by atoms with Crippen molar-refractivity contribution in [3.63, 3.8) is 0 Å². The highest BCUT2D eigenvalue weighted by molar-refractivity contribution is 7.19. The topological polar surface area (TPSA) is 43.1 Å². The molecule has 3 heterocycles. The van der Waals surface area contributed by atoms with E-state index in [4.69, 9.17) is 4.98 Å². The summed E-state index contributed by atoms with van der Waals surface area (Å²) in [4.78, 5) is 12.0. The molecule has 5 heteroatoms. The summed E-state index contributed by atoms with van der Waals surface area (Å²) in [7, 11) is 0. The van der Waals surface area contributed by atoms with Crippen molar-refractivity contribution < 1.29 is 0 Å². The summed E-state index contributed by atoms with van der Waals surface area (Å²) in [5.74, 6) is 0.891. The second-order valence-electron chi connectivity index (χ2n) is 6.59. The van der Waals surface area contributed by atoms with Gasteiger partial charge in [-0.25, -0.2) is 14.5 Å². The lowest BCUT2D eigenvalue weighted by Gasteiger charge is -2.11. The van der Waals surface area contributed by atoms with E-state index in [1.54, 1.807) is 0 Å². The Hall–Kier alpha value is -1.49. The SMILES string of the molecule is CC(C)(C)c1nc2c3c4c(sc3ncn2n1)CCCC4. The number of hydrogen-bond donors (Lipinski definition) is 0. The lowest BCUT2D eigenvalue weighted by atomic mass is 9.96. The van der Waals surface area contributed by atoms with E-state index in [0.29, 0.717) is 0 Å². The maximum absolute atomic E-state index is 4.81. The molecular weight excluding hydrogens is 268 g/mol. The molecule has 0 fully saturated rings. The predicted molar refractivity (Wildman–Crippen MR) is 81.5 cm³/mol. The van der Waals surface area contributed by atoms with E-state index in [2.05, 4.69) is 30.9 Å². The fourth-order valence-electron chi connectivity index (χ4n) is 2.87. The number of fused-ring (bicyclic) bond motifs is 5. The summed E-state index contributed by atoms with van der Waals surface area (Å²) in [6, 6.07) is 0. The summed E-state index contributed by atoms with van der Waals surface area (Å²) in [6.45, 7) is 6.44. The van der Waals surface area contributed by atoms with Crippen LogP contribution in [0.4, 0.5) is 0 Å². The van der Waals surface area contributed by atoms with Crippen LogP contribution in [0.15, 0.2) is 6.33 Å². The van der Waals surface area contributed by atoms with Crippen molar-refractivity contribution in [2.24, 2.45) is 0 Å². The van der Waals surface area contributed by atoms with Crippen molar-refractivity contribution in [2.45, 2.75) is 51.9 Å². The van der Waals surface area contributed by atoms with Gasteiger partial charge in [-0.1, -0.05) is 20.8 Å². The Morgan fingerprint density at radius 2 is 2.00 bits per heavy atom. The van der Waals surface area contributed by atoms with Gasteiger partial charge in [0.15, 0.2) is 11.5 Å². The first-order valence-corrected chi connectivity index (χ1v) is 8.02. The van der Waals surface area contributed by atoms with Crippen molar-refractivity contribution in [3.8, 4) is 0 Å². The second-order valence-corrected chi connectivity index (χ2v) is 7.67. The van der Waals surface area contributed by atoms with E-state index in [0.717, 1.165) is 22.7 Å². The van der Waals surface area contributed by atoms with Crippen molar-refractivity contribution >= 4 is 27.2 Å². The second kappa shape index (κ2) is 4.01. The lowest BCUT2D eigenvalue weighted by molar-refractivity contribution is 0.545. The number of nitrogens with zero attached hydrogens (tertiary/aromatic N) is 4. The summed E-state index contributed by atoms with van der Waals surface area (Å²) in [6.07, 6.45) is 6.75. The van der Waals surface area contributed by atoms with Crippen molar-refractivity contribution in [1.29, 1.82) is 0 Å². The van der Waals surface area contributed by atoms with E-state index in [1.807, 2.05) is 22.2 Å². The molecular formula is C15H18N4S. The first-order valence-electron chi connectivity index (χ1n) is 7.20. The molecule has 20 heavy (non-hydrogen) atoms. The summed E-state index contributed by atoms with van der Waals surface area (Å²) in [5.41, 5.74) is 2.43. The van der Waals surface area contributed by atoms with Gasteiger partial charge in [-0.15, -0.1) is 16.4 Å². The van der Waals surface area contributed by atoms with Gasteiger partial charge in [-0.3, -0.25) is 0 Å². The monoisotopic (exact) mass is 286 g/mol. The summed E-state index contributed by atoms with van der Waals surface area (Å²) >= 11 is 1.84. The molecule has 3 aromatic rings. The van der Waals surface area contributed by atoms with E-state index in [-0.39, 0.29) is 5.41 Å². The smallest absolute Gasteiger partial charge is 0.167 e. The standard InChI is InChI=1S/C15H18N4S/c1-15(2,3)14-17-12-11-9-6-4-5-7-10(9)20-13(11)16-8-19(12)18-14/h8H,4-7H2,1-3H3.